The normalized spacial score (nSPS) is 24.3. The van der Waals surface area contributed by atoms with E-state index in [1.165, 1.54) is 6.42 Å². The third-order valence-corrected chi connectivity index (χ3v) is 8.53. The Balaban J connectivity index is 1.37. The number of rotatable bonds is 5. The zero-order valence-corrected chi connectivity index (χ0v) is 21.1. The van der Waals surface area contributed by atoms with Crippen LogP contribution < -0.4 is 10.6 Å². The number of carbonyl (C=O) groups is 3. The van der Waals surface area contributed by atoms with Crippen molar-refractivity contribution in [2.24, 2.45) is 11.3 Å². The molecule has 3 amide bonds. The highest BCUT2D eigenvalue weighted by Crippen LogP contribution is 2.46. The maximum absolute atomic E-state index is 13.7. The molecule has 1 spiro atoms. The smallest absolute Gasteiger partial charge is 0.271 e. The molecule has 8 nitrogen and oxygen atoms in total. The summed E-state index contributed by atoms with van der Waals surface area (Å²) in [4.78, 5) is 44.3. The minimum absolute atomic E-state index is 0.0629. The first-order chi connectivity index (χ1) is 17.4. The van der Waals surface area contributed by atoms with Crippen LogP contribution in [0.15, 0.2) is 24.3 Å². The molecule has 3 heterocycles. The molecule has 190 valence electrons. The van der Waals surface area contributed by atoms with Crippen LogP contribution in [-0.4, -0.2) is 52.8 Å². The van der Waals surface area contributed by atoms with Crippen LogP contribution in [0.1, 0.15) is 68.3 Å². The Hall–Kier alpha value is -3.05. The van der Waals surface area contributed by atoms with Crippen molar-refractivity contribution in [3.63, 3.8) is 0 Å². The third-order valence-electron chi connectivity index (χ3n) is 8.21. The first-order valence-corrected chi connectivity index (χ1v) is 13.3. The minimum atomic E-state index is -0.780. The van der Waals surface area contributed by atoms with Crippen LogP contribution in [0, 0.1) is 22.7 Å². The van der Waals surface area contributed by atoms with Gasteiger partial charge in [0.2, 0.25) is 11.8 Å². The van der Waals surface area contributed by atoms with E-state index in [9.17, 15) is 19.6 Å². The number of aromatic amines is 1. The maximum Gasteiger partial charge on any atom is 0.271 e. The number of benzene rings is 1. The first-order valence-electron chi connectivity index (χ1n) is 12.9. The largest absolute Gasteiger partial charge is 0.356 e. The fraction of sp³-hybridized carbons (Fsp3) is 0.556. The second-order valence-electron chi connectivity index (χ2n) is 10.7. The predicted octanol–water partition coefficient (Wildman–Crippen LogP) is 3.91. The van der Waals surface area contributed by atoms with Crippen LogP contribution in [0.25, 0.3) is 10.9 Å². The lowest BCUT2D eigenvalue weighted by molar-refractivity contribution is -0.128. The molecule has 1 saturated carbocycles. The number of nitrogens with one attached hydrogen (secondary N) is 3. The fourth-order valence-corrected chi connectivity index (χ4v) is 6.54. The molecule has 9 heteroatoms. The summed E-state index contributed by atoms with van der Waals surface area (Å²) in [5.74, 6) is -0.898. The molecule has 2 unspecified atom stereocenters. The summed E-state index contributed by atoms with van der Waals surface area (Å²) >= 11 is 6.31. The molecule has 1 aromatic heterocycles. The highest BCUT2D eigenvalue weighted by molar-refractivity contribution is 6.35. The van der Waals surface area contributed by atoms with Crippen molar-refractivity contribution in [3.8, 4) is 6.07 Å². The molecule has 3 aliphatic rings. The molecule has 2 saturated heterocycles. The molecular formula is C27H32ClN5O3. The molecule has 0 bridgehead atoms. The third kappa shape index (κ3) is 4.81. The second-order valence-corrected chi connectivity index (χ2v) is 11.1. The molecule has 36 heavy (non-hydrogen) atoms. The van der Waals surface area contributed by atoms with Crippen LogP contribution in [0.5, 0.6) is 0 Å². The van der Waals surface area contributed by atoms with Crippen LogP contribution in [0.4, 0.5) is 0 Å². The van der Waals surface area contributed by atoms with E-state index < -0.39 is 12.1 Å². The van der Waals surface area contributed by atoms with Gasteiger partial charge in [0.15, 0.2) is 0 Å². The number of nitriles is 1. The van der Waals surface area contributed by atoms with Gasteiger partial charge in [-0.05, 0) is 56.1 Å². The van der Waals surface area contributed by atoms with Gasteiger partial charge in [0.25, 0.3) is 5.91 Å². The van der Waals surface area contributed by atoms with Crippen molar-refractivity contribution >= 4 is 40.2 Å². The molecule has 3 N–H and O–H groups in total. The molecule has 1 aliphatic carbocycles. The predicted molar refractivity (Wildman–Crippen MR) is 136 cm³/mol. The van der Waals surface area contributed by atoms with Crippen molar-refractivity contribution < 1.29 is 14.4 Å². The number of para-hydroxylation sites is 1. The fourth-order valence-electron chi connectivity index (χ4n) is 6.31. The van der Waals surface area contributed by atoms with Gasteiger partial charge in [0, 0.05) is 24.4 Å². The van der Waals surface area contributed by atoms with Crippen LogP contribution in [-0.2, 0) is 9.59 Å². The lowest BCUT2D eigenvalue weighted by Crippen LogP contribution is -2.49. The van der Waals surface area contributed by atoms with E-state index in [4.69, 9.17) is 11.6 Å². The molecule has 0 radical (unpaired) electrons. The lowest BCUT2D eigenvalue weighted by atomic mass is 9.72. The van der Waals surface area contributed by atoms with Gasteiger partial charge in [-0.15, -0.1) is 0 Å². The quantitative estimate of drug-likeness (QED) is 0.566. The van der Waals surface area contributed by atoms with Gasteiger partial charge in [0.05, 0.1) is 16.6 Å². The molecule has 2 aromatic rings. The number of hydrogen-bond acceptors (Lipinski definition) is 4. The molecule has 5 rings (SSSR count). The van der Waals surface area contributed by atoms with E-state index in [1.807, 2.05) is 12.1 Å². The van der Waals surface area contributed by atoms with Gasteiger partial charge in [-0.3, -0.25) is 14.4 Å². The highest BCUT2D eigenvalue weighted by Gasteiger charge is 2.49. The van der Waals surface area contributed by atoms with Crippen molar-refractivity contribution in [3.05, 3.63) is 35.0 Å². The molecular weight excluding hydrogens is 478 g/mol. The summed E-state index contributed by atoms with van der Waals surface area (Å²) < 4.78 is 0. The van der Waals surface area contributed by atoms with E-state index in [0.29, 0.717) is 42.2 Å². The molecule has 3 atom stereocenters. The van der Waals surface area contributed by atoms with Gasteiger partial charge in [-0.1, -0.05) is 43.0 Å². The van der Waals surface area contributed by atoms with Gasteiger partial charge < -0.3 is 20.5 Å². The van der Waals surface area contributed by atoms with E-state index in [1.54, 1.807) is 17.0 Å². The zero-order valence-electron chi connectivity index (χ0n) is 20.3. The number of likely N-dealkylation sites (tertiary alicyclic amines) is 1. The molecule has 2 aliphatic heterocycles. The second kappa shape index (κ2) is 10.1. The maximum atomic E-state index is 13.7. The van der Waals surface area contributed by atoms with Crippen molar-refractivity contribution in [1.29, 1.82) is 5.26 Å². The Morgan fingerprint density at radius 3 is 2.78 bits per heavy atom. The van der Waals surface area contributed by atoms with E-state index in [2.05, 4.69) is 21.7 Å². The summed E-state index contributed by atoms with van der Waals surface area (Å²) in [5, 5.41) is 16.8. The minimum Gasteiger partial charge on any atom is -0.356 e. The zero-order chi connectivity index (χ0) is 25.3. The van der Waals surface area contributed by atoms with Gasteiger partial charge in [-0.2, -0.15) is 5.26 Å². The summed E-state index contributed by atoms with van der Waals surface area (Å²) in [5.41, 5.74) is 1.02. The molecule has 3 fully saturated rings. The lowest BCUT2D eigenvalue weighted by Gasteiger charge is -2.32. The summed E-state index contributed by atoms with van der Waals surface area (Å²) in [7, 11) is 0. The number of carbonyl (C=O) groups excluding carboxylic acids is 3. The number of piperidine rings is 1. The number of amides is 3. The van der Waals surface area contributed by atoms with Crippen molar-refractivity contribution in [2.45, 2.75) is 69.9 Å². The summed E-state index contributed by atoms with van der Waals surface area (Å²) in [6.45, 7) is 1.17. The number of nitrogens with zero attached hydrogens (tertiary/aromatic N) is 2. The SMILES string of the molecule is N#CC(C[C@@H]1CCCNC1=O)NC(=O)C1CC2(CCCCC2)CN1C(=O)c1cc2cccc(Cl)c2[nH]1. The Morgan fingerprint density at radius 1 is 1.25 bits per heavy atom. The number of halogens is 1. The number of aromatic nitrogens is 1. The first kappa shape index (κ1) is 24.6. The molecule has 1 aromatic carbocycles. The Morgan fingerprint density at radius 2 is 2.06 bits per heavy atom. The van der Waals surface area contributed by atoms with Crippen molar-refractivity contribution in [2.75, 3.05) is 13.1 Å². The number of H-pyrrole nitrogens is 1. The monoisotopic (exact) mass is 509 g/mol. The van der Waals surface area contributed by atoms with E-state index >= 15 is 0 Å². The number of hydrogen-bond donors (Lipinski definition) is 3. The Labute approximate surface area is 215 Å². The van der Waals surface area contributed by atoms with Gasteiger partial charge in [0.1, 0.15) is 17.8 Å². The summed E-state index contributed by atoms with van der Waals surface area (Å²) in [6.07, 6.45) is 7.78. The Bertz CT molecular complexity index is 1210. The van der Waals surface area contributed by atoms with Gasteiger partial charge >= 0.3 is 0 Å². The topological polar surface area (TPSA) is 118 Å². The van der Waals surface area contributed by atoms with Gasteiger partial charge in [-0.25, -0.2) is 0 Å². The number of fused-ring (bicyclic) bond motifs is 1. The van der Waals surface area contributed by atoms with Crippen LogP contribution in [0.3, 0.4) is 0 Å². The standard InChI is InChI=1S/C27H32ClN5O3/c28-20-8-4-6-17-13-21(32-23(17)20)26(36)33-16-27(9-2-1-3-10-27)14-22(33)25(35)31-19(15-29)12-18-7-5-11-30-24(18)34/h4,6,8,13,18-19,22,32H,1-3,5,7,9-12,14,16H2,(H,30,34)(H,31,35)/t18-,19?,22?/m0/s1. The Kier molecular flexibility index (Phi) is 6.94. The highest BCUT2D eigenvalue weighted by atomic mass is 35.5. The van der Waals surface area contributed by atoms with Crippen LogP contribution >= 0.6 is 11.6 Å². The average molecular weight is 510 g/mol. The van der Waals surface area contributed by atoms with Crippen LogP contribution in [0.2, 0.25) is 5.02 Å². The van der Waals surface area contributed by atoms with E-state index in [-0.39, 0.29) is 35.5 Å². The van der Waals surface area contributed by atoms with Crippen molar-refractivity contribution in [1.82, 2.24) is 20.5 Å². The summed E-state index contributed by atoms with van der Waals surface area (Å²) in [6, 6.07) is 8.00. The van der Waals surface area contributed by atoms with E-state index in [0.717, 1.165) is 37.5 Å². The average Bonchev–Trinajstić information content (AvgIpc) is 3.48.